The number of anilines is 2. The molecule has 7 nitrogen and oxygen atoms in total. The molecular weight excluding hydrogens is 458 g/mol. The SMILES string of the molecule is CN(C)CCN(C)C(=O)c1cc(NC(=C2C(=O)Nc3cc(Cl)ccc32)c2ccsc2)cn1C. The van der Waals surface area contributed by atoms with Gasteiger partial charge in [-0.25, -0.2) is 0 Å². The molecule has 0 saturated heterocycles. The Hall–Kier alpha value is -3.07. The lowest BCUT2D eigenvalue weighted by Crippen LogP contribution is -2.34. The first-order valence-electron chi connectivity index (χ1n) is 10.5. The lowest BCUT2D eigenvalue weighted by atomic mass is 10.0. The van der Waals surface area contributed by atoms with Gasteiger partial charge in [-0.15, -0.1) is 0 Å². The molecule has 1 aromatic carbocycles. The largest absolute Gasteiger partial charge is 0.353 e. The molecule has 0 unspecified atom stereocenters. The molecule has 3 heterocycles. The number of likely N-dealkylation sites (N-methyl/N-ethyl adjacent to an activating group) is 2. The Morgan fingerprint density at radius 3 is 2.67 bits per heavy atom. The standard InChI is InChI=1S/C24H26ClN5O2S/c1-28(2)8-9-29(3)24(32)20-12-17(13-30(20)4)26-22(15-7-10-33-14-15)21-18-6-5-16(25)11-19(18)27-23(21)31/h5-7,10-14,26H,8-9H2,1-4H3,(H,27,31). The van der Waals surface area contributed by atoms with Gasteiger partial charge in [-0.05, 0) is 43.7 Å². The van der Waals surface area contributed by atoms with Gasteiger partial charge < -0.3 is 25.0 Å². The number of hydrogen-bond acceptors (Lipinski definition) is 5. The van der Waals surface area contributed by atoms with Crippen molar-refractivity contribution in [1.82, 2.24) is 14.4 Å². The number of rotatable bonds is 7. The topological polar surface area (TPSA) is 69.6 Å². The number of carbonyl (C=O) groups excluding carboxylic acids is 2. The van der Waals surface area contributed by atoms with Crippen molar-refractivity contribution in [2.45, 2.75) is 0 Å². The minimum atomic E-state index is -0.198. The summed E-state index contributed by atoms with van der Waals surface area (Å²) in [7, 11) is 7.60. The fourth-order valence-electron chi connectivity index (χ4n) is 3.72. The molecule has 0 atom stereocenters. The van der Waals surface area contributed by atoms with Crippen molar-refractivity contribution in [3.63, 3.8) is 0 Å². The van der Waals surface area contributed by atoms with E-state index in [4.69, 9.17) is 11.6 Å². The Morgan fingerprint density at radius 2 is 1.97 bits per heavy atom. The lowest BCUT2D eigenvalue weighted by molar-refractivity contribution is -0.110. The van der Waals surface area contributed by atoms with Crippen molar-refractivity contribution in [2.24, 2.45) is 7.05 Å². The number of thiophene rings is 1. The van der Waals surface area contributed by atoms with Crippen LogP contribution in [0.1, 0.15) is 21.6 Å². The molecule has 33 heavy (non-hydrogen) atoms. The molecule has 0 fully saturated rings. The van der Waals surface area contributed by atoms with Gasteiger partial charge in [-0.3, -0.25) is 9.59 Å². The molecule has 0 bridgehead atoms. The summed E-state index contributed by atoms with van der Waals surface area (Å²) in [4.78, 5) is 29.7. The third kappa shape index (κ3) is 4.83. The first kappa shape index (κ1) is 23.1. The number of aromatic nitrogens is 1. The molecule has 172 valence electrons. The number of aryl methyl sites for hydroxylation is 1. The highest BCUT2D eigenvalue weighted by Crippen LogP contribution is 2.39. The van der Waals surface area contributed by atoms with E-state index in [0.717, 1.165) is 23.4 Å². The average molecular weight is 484 g/mol. The molecule has 4 rings (SSSR count). The number of carbonyl (C=O) groups is 2. The van der Waals surface area contributed by atoms with Crippen molar-refractivity contribution in [3.8, 4) is 0 Å². The van der Waals surface area contributed by atoms with E-state index >= 15 is 0 Å². The van der Waals surface area contributed by atoms with Crippen molar-refractivity contribution < 1.29 is 9.59 Å². The second-order valence-electron chi connectivity index (χ2n) is 8.29. The van der Waals surface area contributed by atoms with Crippen LogP contribution in [0, 0.1) is 0 Å². The van der Waals surface area contributed by atoms with Crippen molar-refractivity contribution >= 4 is 57.4 Å². The number of hydrogen-bond donors (Lipinski definition) is 2. The predicted molar refractivity (Wildman–Crippen MR) is 136 cm³/mol. The minimum absolute atomic E-state index is 0.0595. The van der Waals surface area contributed by atoms with E-state index in [-0.39, 0.29) is 11.8 Å². The summed E-state index contributed by atoms with van der Waals surface area (Å²) < 4.78 is 1.80. The predicted octanol–water partition coefficient (Wildman–Crippen LogP) is 4.31. The Labute approximate surface area is 202 Å². The Balaban J connectivity index is 1.69. The molecule has 0 saturated carbocycles. The number of halogens is 1. The molecule has 1 aliphatic heterocycles. The summed E-state index contributed by atoms with van der Waals surface area (Å²) in [5.74, 6) is -0.257. The zero-order chi connectivity index (χ0) is 23.7. The summed E-state index contributed by atoms with van der Waals surface area (Å²) in [5.41, 5.74) is 4.88. The van der Waals surface area contributed by atoms with Crippen LogP contribution < -0.4 is 10.6 Å². The summed E-state index contributed by atoms with van der Waals surface area (Å²) in [6, 6.07) is 9.14. The van der Waals surface area contributed by atoms with Crippen molar-refractivity contribution in [2.75, 3.05) is 44.9 Å². The Morgan fingerprint density at radius 1 is 1.18 bits per heavy atom. The molecule has 0 spiro atoms. The summed E-state index contributed by atoms with van der Waals surface area (Å²) in [6.45, 7) is 1.41. The van der Waals surface area contributed by atoms with E-state index in [2.05, 4.69) is 10.6 Å². The van der Waals surface area contributed by atoms with Crippen LogP contribution in [0.25, 0.3) is 11.3 Å². The van der Waals surface area contributed by atoms with E-state index < -0.39 is 0 Å². The highest BCUT2D eigenvalue weighted by atomic mass is 35.5. The van der Waals surface area contributed by atoms with Crippen LogP contribution in [0.15, 0.2) is 47.3 Å². The van der Waals surface area contributed by atoms with Crippen LogP contribution in [0.3, 0.4) is 0 Å². The van der Waals surface area contributed by atoms with Crippen LogP contribution in [0.2, 0.25) is 5.02 Å². The van der Waals surface area contributed by atoms with E-state index in [9.17, 15) is 9.59 Å². The Bertz CT molecular complexity index is 1230. The zero-order valence-electron chi connectivity index (χ0n) is 19.0. The van der Waals surface area contributed by atoms with Gasteiger partial charge in [-0.1, -0.05) is 17.7 Å². The second kappa shape index (κ2) is 9.43. The summed E-state index contributed by atoms with van der Waals surface area (Å²) in [5, 5.41) is 10.8. The van der Waals surface area contributed by atoms with Gasteiger partial charge in [-0.2, -0.15) is 11.3 Å². The Kier molecular flexibility index (Phi) is 6.60. The van der Waals surface area contributed by atoms with Gasteiger partial charge in [0.2, 0.25) is 0 Å². The van der Waals surface area contributed by atoms with Crippen molar-refractivity contribution in [1.29, 1.82) is 0 Å². The lowest BCUT2D eigenvalue weighted by Gasteiger charge is -2.19. The molecule has 9 heteroatoms. The molecule has 2 amide bonds. The molecule has 0 aliphatic carbocycles. The van der Waals surface area contributed by atoms with Crippen LogP contribution in [-0.4, -0.2) is 60.4 Å². The molecule has 0 radical (unpaired) electrons. The normalized spacial score (nSPS) is 14.3. The second-order valence-corrected chi connectivity index (χ2v) is 9.50. The monoisotopic (exact) mass is 483 g/mol. The third-order valence-electron chi connectivity index (χ3n) is 5.51. The van der Waals surface area contributed by atoms with Gasteiger partial charge in [0.15, 0.2) is 0 Å². The molecule has 2 N–H and O–H groups in total. The van der Waals surface area contributed by atoms with Gasteiger partial charge in [0.25, 0.3) is 11.8 Å². The average Bonchev–Trinajstić information content (AvgIpc) is 3.48. The fourth-order valence-corrected chi connectivity index (χ4v) is 4.53. The van der Waals surface area contributed by atoms with Crippen molar-refractivity contribution in [3.05, 3.63) is 69.1 Å². The maximum absolute atomic E-state index is 13.0. The van der Waals surface area contributed by atoms with Crippen LogP contribution in [-0.2, 0) is 11.8 Å². The number of amides is 2. The summed E-state index contributed by atoms with van der Waals surface area (Å²) >= 11 is 7.67. The minimum Gasteiger partial charge on any atom is -0.353 e. The van der Waals surface area contributed by atoms with E-state index in [1.54, 1.807) is 40.0 Å². The van der Waals surface area contributed by atoms with Gasteiger partial charge in [0.05, 0.1) is 22.6 Å². The molecule has 3 aromatic rings. The number of fused-ring (bicyclic) bond motifs is 1. The highest BCUT2D eigenvalue weighted by Gasteiger charge is 2.29. The van der Waals surface area contributed by atoms with Gasteiger partial charge in [0, 0.05) is 54.9 Å². The van der Waals surface area contributed by atoms with Crippen LogP contribution in [0.4, 0.5) is 11.4 Å². The first-order valence-corrected chi connectivity index (χ1v) is 11.8. The zero-order valence-corrected chi connectivity index (χ0v) is 20.5. The van der Waals surface area contributed by atoms with Gasteiger partial charge >= 0.3 is 0 Å². The van der Waals surface area contributed by atoms with E-state index in [1.807, 2.05) is 61.2 Å². The maximum atomic E-state index is 13.0. The first-order chi connectivity index (χ1) is 15.7. The molecule has 1 aliphatic rings. The maximum Gasteiger partial charge on any atom is 0.270 e. The van der Waals surface area contributed by atoms with E-state index in [0.29, 0.717) is 34.2 Å². The number of nitrogens with zero attached hydrogens (tertiary/aromatic N) is 3. The fraction of sp³-hybridized carbons (Fsp3) is 0.250. The highest BCUT2D eigenvalue weighted by molar-refractivity contribution is 7.08. The van der Waals surface area contributed by atoms with Crippen LogP contribution >= 0.6 is 22.9 Å². The van der Waals surface area contributed by atoms with Gasteiger partial charge in [0.1, 0.15) is 5.69 Å². The van der Waals surface area contributed by atoms with Crippen LogP contribution in [0.5, 0.6) is 0 Å². The number of benzene rings is 1. The summed E-state index contributed by atoms with van der Waals surface area (Å²) in [6.07, 6.45) is 1.86. The number of nitrogens with one attached hydrogen (secondary N) is 2. The quantitative estimate of drug-likeness (QED) is 0.491. The molecular formula is C24H26ClN5O2S. The molecule has 2 aromatic heterocycles. The third-order valence-corrected chi connectivity index (χ3v) is 6.43. The van der Waals surface area contributed by atoms with E-state index in [1.165, 1.54) is 0 Å². The smallest absolute Gasteiger partial charge is 0.270 e.